The molecule has 9 heteroatoms. The Morgan fingerprint density at radius 2 is 2.00 bits per heavy atom. The number of hydrogen-bond donors (Lipinski definition) is 1. The summed E-state index contributed by atoms with van der Waals surface area (Å²) in [6.45, 7) is 3.77. The highest BCUT2D eigenvalue weighted by atomic mass is 32.1. The van der Waals surface area contributed by atoms with E-state index in [0.717, 1.165) is 5.56 Å². The molecule has 3 rings (SSSR count). The van der Waals surface area contributed by atoms with Gasteiger partial charge in [0.2, 0.25) is 11.8 Å². The van der Waals surface area contributed by atoms with Gasteiger partial charge < -0.3 is 9.84 Å². The minimum atomic E-state index is -0.457. The maximum atomic E-state index is 12.8. The number of amides is 1. The molecule has 1 N–H and O–H groups in total. The van der Waals surface area contributed by atoms with Gasteiger partial charge in [-0.05, 0) is 25.2 Å². The molecule has 1 atom stereocenters. The van der Waals surface area contributed by atoms with Crippen LogP contribution < -0.4 is 10.3 Å². The Hall–Kier alpha value is -2.94. The summed E-state index contributed by atoms with van der Waals surface area (Å²) >= 11 is 5.16. The number of ether oxygens (including phenoxy) is 1. The summed E-state index contributed by atoms with van der Waals surface area (Å²) in [5.41, 5.74) is 0.705. The van der Waals surface area contributed by atoms with Gasteiger partial charge in [0.25, 0.3) is 5.56 Å². The van der Waals surface area contributed by atoms with Crippen LogP contribution in [0.15, 0.2) is 34.2 Å². The molecule has 0 radical (unpaired) electrons. The number of nitrogens with zero attached hydrogens (tertiary/aromatic N) is 4. The van der Waals surface area contributed by atoms with Gasteiger partial charge >= 0.3 is 0 Å². The lowest BCUT2D eigenvalue weighted by atomic mass is 9.98. The van der Waals surface area contributed by atoms with Gasteiger partial charge in [-0.2, -0.15) is 5.10 Å². The molecule has 28 heavy (non-hydrogen) atoms. The fourth-order valence-electron chi connectivity index (χ4n) is 3.32. The van der Waals surface area contributed by atoms with Gasteiger partial charge in [0, 0.05) is 33.0 Å². The number of aromatic hydroxyl groups is 1. The molecule has 1 aromatic carbocycles. The Morgan fingerprint density at radius 1 is 1.32 bits per heavy atom. The maximum absolute atomic E-state index is 12.8. The van der Waals surface area contributed by atoms with Gasteiger partial charge in [0.05, 0.1) is 18.4 Å². The number of aromatic nitrogens is 2. The molecule has 0 fully saturated rings. The summed E-state index contributed by atoms with van der Waals surface area (Å²) < 4.78 is 8.50. The predicted octanol–water partition coefficient (Wildman–Crippen LogP) is 2.26. The number of rotatable bonds is 4. The van der Waals surface area contributed by atoms with E-state index in [9.17, 15) is 14.7 Å². The van der Waals surface area contributed by atoms with E-state index in [2.05, 4.69) is 5.10 Å². The second-order valence-corrected chi connectivity index (χ2v) is 6.87. The summed E-state index contributed by atoms with van der Waals surface area (Å²) in [6, 6.07) is 6.98. The van der Waals surface area contributed by atoms with Crippen LogP contribution in [-0.2, 0) is 18.9 Å². The zero-order valence-electron chi connectivity index (χ0n) is 16.2. The minimum absolute atomic E-state index is 0.0428. The van der Waals surface area contributed by atoms with Crippen molar-refractivity contribution < 1.29 is 14.6 Å². The Bertz CT molecular complexity index is 1090. The fraction of sp³-hybridized carbons (Fsp3) is 0.368. The first kappa shape index (κ1) is 19.8. The van der Waals surface area contributed by atoms with Gasteiger partial charge in [0.1, 0.15) is 11.3 Å². The minimum Gasteiger partial charge on any atom is -0.494 e. The lowest BCUT2D eigenvalue weighted by Crippen LogP contribution is -2.28. The highest BCUT2D eigenvalue weighted by Crippen LogP contribution is 2.38. The number of benzene rings is 1. The molecule has 8 nitrogen and oxygen atoms in total. The van der Waals surface area contributed by atoms with Crippen LogP contribution >= 0.6 is 12.2 Å². The van der Waals surface area contributed by atoms with Crippen LogP contribution in [0.2, 0.25) is 0 Å². The van der Waals surface area contributed by atoms with Crippen LogP contribution in [0.25, 0.3) is 0 Å². The van der Waals surface area contributed by atoms with E-state index in [0.29, 0.717) is 18.1 Å². The molecule has 0 spiro atoms. The summed E-state index contributed by atoms with van der Waals surface area (Å²) in [5, 5.41) is 16.2. The molecule has 148 valence electrons. The lowest BCUT2D eigenvalue weighted by molar-refractivity contribution is -0.130. The van der Waals surface area contributed by atoms with Gasteiger partial charge in [-0.3, -0.25) is 18.7 Å². The molecule has 1 amide bonds. The lowest BCUT2D eigenvalue weighted by Gasteiger charge is -2.22. The third kappa shape index (κ3) is 3.22. The predicted molar refractivity (Wildman–Crippen MR) is 107 cm³/mol. The zero-order chi connectivity index (χ0) is 20.6. The van der Waals surface area contributed by atoms with E-state index in [1.807, 2.05) is 31.2 Å². The van der Waals surface area contributed by atoms with Crippen LogP contribution in [0, 0.1) is 4.77 Å². The van der Waals surface area contributed by atoms with E-state index in [1.54, 1.807) is 7.05 Å². The molecular weight excluding hydrogens is 380 g/mol. The van der Waals surface area contributed by atoms with Crippen molar-refractivity contribution in [3.05, 3.63) is 50.5 Å². The SMILES string of the molecule is CCOc1ccccc1[C@H]1CC(c2c(O)n(C)c(=S)n(C)c2=O)=NN1C(C)=O. The van der Waals surface area contributed by atoms with Crippen molar-refractivity contribution in [2.24, 2.45) is 19.2 Å². The Labute approximate surface area is 167 Å². The first-order valence-electron chi connectivity index (χ1n) is 8.86. The van der Waals surface area contributed by atoms with E-state index < -0.39 is 11.6 Å². The van der Waals surface area contributed by atoms with Crippen LogP contribution in [-0.4, -0.2) is 37.5 Å². The Balaban J connectivity index is 2.14. The van der Waals surface area contributed by atoms with Crippen molar-refractivity contribution in [2.75, 3.05) is 6.61 Å². The molecule has 1 aliphatic heterocycles. The standard InChI is InChI=1S/C19H22N4O4S/c1-5-27-15-9-7-6-8-12(15)14-10-13(20-23(14)11(2)24)16-17(25)21(3)19(28)22(4)18(16)26/h6-9,14,25H,5,10H2,1-4H3/t14-/m1/s1. The van der Waals surface area contributed by atoms with Crippen LogP contribution in [0.3, 0.4) is 0 Å². The van der Waals surface area contributed by atoms with Crippen molar-refractivity contribution in [1.29, 1.82) is 0 Å². The summed E-state index contributed by atoms with van der Waals surface area (Å²) in [7, 11) is 3.11. The highest BCUT2D eigenvalue weighted by Gasteiger charge is 2.35. The summed E-state index contributed by atoms with van der Waals surface area (Å²) in [6.07, 6.45) is 0.267. The summed E-state index contributed by atoms with van der Waals surface area (Å²) in [4.78, 5) is 25.0. The van der Waals surface area contributed by atoms with Crippen molar-refractivity contribution in [1.82, 2.24) is 14.1 Å². The second kappa shape index (κ2) is 7.59. The number of hydrogen-bond acceptors (Lipinski definition) is 6. The normalized spacial score (nSPS) is 16.2. The van der Waals surface area contributed by atoms with Gasteiger partial charge in [-0.25, -0.2) is 5.01 Å². The van der Waals surface area contributed by atoms with Crippen molar-refractivity contribution in [3.63, 3.8) is 0 Å². The number of carbonyl (C=O) groups is 1. The van der Waals surface area contributed by atoms with Crippen LogP contribution in [0.5, 0.6) is 11.6 Å². The molecule has 0 bridgehead atoms. The van der Waals surface area contributed by atoms with E-state index in [-0.39, 0.29) is 28.5 Å². The molecule has 2 heterocycles. The first-order valence-corrected chi connectivity index (χ1v) is 9.27. The van der Waals surface area contributed by atoms with Crippen molar-refractivity contribution in [3.8, 4) is 11.6 Å². The number of para-hydroxylation sites is 1. The molecule has 0 saturated heterocycles. The average molecular weight is 402 g/mol. The van der Waals surface area contributed by atoms with E-state index in [1.165, 1.54) is 28.1 Å². The van der Waals surface area contributed by atoms with Crippen LogP contribution in [0.4, 0.5) is 0 Å². The largest absolute Gasteiger partial charge is 0.494 e. The zero-order valence-corrected chi connectivity index (χ0v) is 17.0. The summed E-state index contributed by atoms with van der Waals surface area (Å²) in [5.74, 6) is 0.113. The molecule has 0 saturated carbocycles. The second-order valence-electron chi connectivity index (χ2n) is 6.51. The van der Waals surface area contributed by atoms with E-state index >= 15 is 0 Å². The molecule has 0 unspecified atom stereocenters. The van der Waals surface area contributed by atoms with E-state index in [4.69, 9.17) is 17.0 Å². The third-order valence-corrected chi connectivity index (χ3v) is 5.28. The van der Waals surface area contributed by atoms with Gasteiger partial charge in [0.15, 0.2) is 4.77 Å². The monoisotopic (exact) mass is 402 g/mol. The molecular formula is C19H22N4O4S. The molecule has 1 aromatic heterocycles. The average Bonchev–Trinajstić information content (AvgIpc) is 3.11. The van der Waals surface area contributed by atoms with Gasteiger partial charge in [-0.15, -0.1) is 0 Å². The number of hydrazone groups is 1. The smallest absolute Gasteiger partial charge is 0.267 e. The fourth-order valence-corrected chi connectivity index (χ4v) is 3.49. The third-order valence-electron chi connectivity index (χ3n) is 4.73. The maximum Gasteiger partial charge on any atom is 0.267 e. The molecule has 0 aliphatic carbocycles. The topological polar surface area (TPSA) is 89.1 Å². The van der Waals surface area contributed by atoms with Crippen molar-refractivity contribution >= 4 is 23.8 Å². The van der Waals surface area contributed by atoms with Gasteiger partial charge in [-0.1, -0.05) is 18.2 Å². The Kier molecular flexibility index (Phi) is 5.37. The molecule has 1 aliphatic rings. The van der Waals surface area contributed by atoms with Crippen molar-refractivity contribution in [2.45, 2.75) is 26.3 Å². The highest BCUT2D eigenvalue weighted by molar-refractivity contribution is 7.71. The molecule has 2 aromatic rings. The quantitative estimate of drug-likeness (QED) is 0.793. The first-order chi connectivity index (χ1) is 13.3. The van der Waals surface area contributed by atoms with Crippen LogP contribution in [0.1, 0.15) is 37.4 Å². The number of carbonyl (C=O) groups excluding carboxylic acids is 1. The Morgan fingerprint density at radius 3 is 2.64 bits per heavy atom.